The Balaban J connectivity index is 2.37. The van der Waals surface area contributed by atoms with E-state index in [1.54, 1.807) is 42.5 Å². The number of hydrogen-bond acceptors (Lipinski definition) is 3. The number of benzene rings is 2. The molecule has 2 aromatic carbocycles. The minimum atomic E-state index is -3.60. The molecular weight excluding hydrogens is 429 g/mol. The molecule has 0 heterocycles. The lowest BCUT2D eigenvalue weighted by atomic mass is 10.3. The third-order valence-corrected chi connectivity index (χ3v) is 5.66. The van der Waals surface area contributed by atoms with Gasteiger partial charge in [-0.2, -0.15) is 0 Å². The fourth-order valence-corrected chi connectivity index (χ4v) is 3.78. The normalized spacial score (nSPS) is 11.3. The Labute approximate surface area is 141 Å². The lowest BCUT2D eigenvalue weighted by molar-refractivity contribution is 0.601. The van der Waals surface area contributed by atoms with E-state index in [1.165, 1.54) is 11.8 Å². The second-order valence-corrected chi connectivity index (χ2v) is 8.12. The van der Waals surface area contributed by atoms with E-state index in [0.29, 0.717) is 10.7 Å². The zero-order valence-corrected chi connectivity index (χ0v) is 15.0. The van der Waals surface area contributed by atoms with Gasteiger partial charge in [0.2, 0.25) is 0 Å². The number of nitrogens with one attached hydrogen (secondary N) is 1. The van der Waals surface area contributed by atoms with Gasteiger partial charge in [-0.1, -0.05) is 11.6 Å². The van der Waals surface area contributed by atoms with Crippen LogP contribution in [0.1, 0.15) is 0 Å². The molecule has 2 aromatic rings. The van der Waals surface area contributed by atoms with Crippen LogP contribution < -0.4 is 4.72 Å². The van der Waals surface area contributed by atoms with E-state index >= 15 is 0 Å². The van der Waals surface area contributed by atoms with Crippen LogP contribution in [0.5, 0.6) is 0 Å². The molecule has 2 rings (SSSR count). The molecule has 0 saturated heterocycles. The highest BCUT2D eigenvalue weighted by molar-refractivity contribution is 14.1. The van der Waals surface area contributed by atoms with E-state index in [9.17, 15) is 8.42 Å². The van der Waals surface area contributed by atoms with E-state index in [-0.39, 0.29) is 4.90 Å². The molecule has 0 spiro atoms. The lowest BCUT2D eigenvalue weighted by Crippen LogP contribution is -2.13. The monoisotopic (exact) mass is 439 g/mol. The Morgan fingerprint density at radius 3 is 2.40 bits per heavy atom. The van der Waals surface area contributed by atoms with E-state index in [4.69, 9.17) is 11.6 Å². The van der Waals surface area contributed by atoms with Crippen molar-refractivity contribution in [2.24, 2.45) is 0 Å². The van der Waals surface area contributed by atoms with Gasteiger partial charge in [0.25, 0.3) is 10.0 Å². The topological polar surface area (TPSA) is 46.2 Å². The zero-order chi connectivity index (χ0) is 14.8. The maximum absolute atomic E-state index is 12.3. The van der Waals surface area contributed by atoms with E-state index < -0.39 is 10.0 Å². The molecule has 20 heavy (non-hydrogen) atoms. The van der Waals surface area contributed by atoms with Gasteiger partial charge in [0.05, 0.1) is 10.6 Å². The summed E-state index contributed by atoms with van der Waals surface area (Å²) in [6.45, 7) is 0. The van der Waals surface area contributed by atoms with Crippen LogP contribution in [0.2, 0.25) is 5.02 Å². The average Bonchev–Trinajstić information content (AvgIpc) is 2.39. The third-order valence-electron chi connectivity index (χ3n) is 2.53. The number of thioether (sulfide) groups is 1. The highest BCUT2D eigenvalue weighted by Gasteiger charge is 2.16. The van der Waals surface area contributed by atoms with Crippen molar-refractivity contribution in [3.63, 3.8) is 0 Å². The first-order chi connectivity index (χ1) is 9.42. The van der Waals surface area contributed by atoms with E-state index in [2.05, 4.69) is 27.3 Å². The summed E-state index contributed by atoms with van der Waals surface area (Å²) < 4.78 is 28.2. The molecule has 0 bridgehead atoms. The Bertz CT molecular complexity index is 718. The van der Waals surface area contributed by atoms with E-state index in [1.807, 2.05) is 6.26 Å². The standard InChI is InChI=1S/C13H11ClINO2S2/c1-19-13-7-2-9(14)8-12(13)16-20(17,18)11-5-3-10(15)4-6-11/h2-8,16H,1H3. The van der Waals surface area contributed by atoms with Crippen LogP contribution in [0.4, 0.5) is 5.69 Å². The van der Waals surface area contributed by atoms with E-state index in [0.717, 1.165) is 8.47 Å². The predicted molar refractivity (Wildman–Crippen MR) is 93.2 cm³/mol. The summed E-state index contributed by atoms with van der Waals surface area (Å²) in [6, 6.07) is 11.8. The van der Waals surface area contributed by atoms with Gasteiger partial charge in [-0.15, -0.1) is 11.8 Å². The van der Waals surface area contributed by atoms with Crippen LogP contribution in [0.3, 0.4) is 0 Å². The van der Waals surface area contributed by atoms with Gasteiger partial charge in [0.1, 0.15) is 0 Å². The number of sulfonamides is 1. The molecule has 0 amide bonds. The summed E-state index contributed by atoms with van der Waals surface area (Å²) in [6.07, 6.45) is 1.88. The van der Waals surface area contributed by atoms with Crippen LogP contribution in [-0.4, -0.2) is 14.7 Å². The molecule has 0 radical (unpaired) electrons. The molecular formula is C13H11ClINO2S2. The van der Waals surface area contributed by atoms with Crippen molar-refractivity contribution >= 4 is 61.7 Å². The summed E-state index contributed by atoms with van der Waals surface area (Å²) in [5.41, 5.74) is 0.489. The maximum atomic E-state index is 12.3. The van der Waals surface area contributed by atoms with Crippen molar-refractivity contribution in [1.29, 1.82) is 0 Å². The maximum Gasteiger partial charge on any atom is 0.261 e. The zero-order valence-electron chi connectivity index (χ0n) is 10.4. The Kier molecular flexibility index (Phi) is 5.22. The smallest absolute Gasteiger partial charge is 0.261 e. The first-order valence-electron chi connectivity index (χ1n) is 5.54. The summed E-state index contributed by atoms with van der Waals surface area (Å²) in [5.74, 6) is 0. The molecule has 0 unspecified atom stereocenters. The molecule has 106 valence electrons. The van der Waals surface area contributed by atoms with Crippen molar-refractivity contribution in [3.8, 4) is 0 Å². The molecule has 3 nitrogen and oxygen atoms in total. The molecule has 1 N–H and O–H groups in total. The van der Waals surface area contributed by atoms with Gasteiger partial charge >= 0.3 is 0 Å². The fourth-order valence-electron chi connectivity index (χ4n) is 1.58. The number of rotatable bonds is 4. The molecule has 0 aliphatic heterocycles. The predicted octanol–water partition coefficient (Wildman–Crippen LogP) is 4.47. The lowest BCUT2D eigenvalue weighted by Gasteiger charge is -2.12. The van der Waals surface area contributed by atoms with Crippen LogP contribution in [0, 0.1) is 3.57 Å². The summed E-state index contributed by atoms with van der Waals surface area (Å²) in [4.78, 5) is 1.05. The summed E-state index contributed by atoms with van der Waals surface area (Å²) in [7, 11) is -3.60. The first kappa shape index (κ1) is 15.9. The Morgan fingerprint density at radius 1 is 1.15 bits per heavy atom. The molecule has 7 heteroatoms. The fraction of sp³-hybridized carbons (Fsp3) is 0.0769. The number of halogens is 2. The van der Waals surface area contributed by atoms with Crippen molar-refractivity contribution < 1.29 is 8.42 Å². The Hall–Kier alpha value is -0.440. The summed E-state index contributed by atoms with van der Waals surface area (Å²) in [5, 5.41) is 0.489. The first-order valence-corrected chi connectivity index (χ1v) is 9.71. The molecule has 0 aliphatic rings. The van der Waals surface area contributed by atoms with Crippen LogP contribution in [0.25, 0.3) is 0 Å². The summed E-state index contributed by atoms with van der Waals surface area (Å²) >= 11 is 9.51. The molecule has 0 saturated carbocycles. The molecule has 0 atom stereocenters. The van der Waals surface area contributed by atoms with Crippen LogP contribution >= 0.6 is 46.0 Å². The van der Waals surface area contributed by atoms with Crippen LogP contribution in [-0.2, 0) is 10.0 Å². The van der Waals surface area contributed by atoms with Crippen molar-refractivity contribution in [3.05, 3.63) is 51.1 Å². The van der Waals surface area contributed by atoms with Gasteiger partial charge in [-0.25, -0.2) is 8.42 Å². The van der Waals surface area contributed by atoms with Gasteiger partial charge in [-0.05, 0) is 71.3 Å². The molecule has 0 aliphatic carbocycles. The van der Waals surface area contributed by atoms with Gasteiger partial charge in [0.15, 0.2) is 0 Å². The van der Waals surface area contributed by atoms with Gasteiger partial charge < -0.3 is 0 Å². The van der Waals surface area contributed by atoms with Crippen molar-refractivity contribution in [1.82, 2.24) is 0 Å². The SMILES string of the molecule is CSc1ccc(Cl)cc1NS(=O)(=O)c1ccc(I)cc1. The quantitative estimate of drug-likeness (QED) is 0.565. The average molecular weight is 440 g/mol. The highest BCUT2D eigenvalue weighted by Crippen LogP contribution is 2.30. The minimum Gasteiger partial charge on any atom is -0.278 e. The Morgan fingerprint density at radius 2 is 1.80 bits per heavy atom. The highest BCUT2D eigenvalue weighted by atomic mass is 127. The second-order valence-electron chi connectivity index (χ2n) is 3.90. The van der Waals surface area contributed by atoms with Crippen molar-refractivity contribution in [2.45, 2.75) is 9.79 Å². The second kappa shape index (κ2) is 6.55. The number of anilines is 1. The molecule has 0 aromatic heterocycles. The number of hydrogen-bond donors (Lipinski definition) is 1. The van der Waals surface area contributed by atoms with Crippen LogP contribution in [0.15, 0.2) is 52.3 Å². The third kappa shape index (κ3) is 3.81. The molecule has 0 fully saturated rings. The van der Waals surface area contributed by atoms with Gasteiger partial charge in [0, 0.05) is 13.5 Å². The minimum absolute atomic E-state index is 0.227. The van der Waals surface area contributed by atoms with Gasteiger partial charge in [-0.3, -0.25) is 4.72 Å². The largest absolute Gasteiger partial charge is 0.278 e. The van der Waals surface area contributed by atoms with Crippen molar-refractivity contribution in [2.75, 3.05) is 11.0 Å².